The van der Waals surface area contributed by atoms with Gasteiger partial charge in [-0.25, -0.2) is 4.98 Å². The van der Waals surface area contributed by atoms with Crippen LogP contribution in [0.2, 0.25) is 0 Å². The summed E-state index contributed by atoms with van der Waals surface area (Å²) in [6.07, 6.45) is 2.87. The Labute approximate surface area is 54.3 Å². The summed E-state index contributed by atoms with van der Waals surface area (Å²) in [7, 11) is 0. The van der Waals surface area contributed by atoms with Crippen LogP contribution < -0.4 is 0 Å². The summed E-state index contributed by atoms with van der Waals surface area (Å²) in [5.41, 5.74) is 0. The molecule has 0 bridgehead atoms. The van der Waals surface area contributed by atoms with Gasteiger partial charge in [0.2, 0.25) is 0 Å². The molecule has 46 valence electrons. The average molecular weight is 131 g/mol. The maximum atomic E-state index is 4.59. The smallest absolute Gasteiger partial charge is 0.182 e. The molecule has 0 radical (unpaired) electrons. The monoisotopic (exact) mass is 131 g/mol. The van der Waals surface area contributed by atoms with Crippen molar-refractivity contribution in [3.8, 4) is 0 Å². The zero-order valence-electron chi connectivity index (χ0n) is 4.96. The summed E-state index contributed by atoms with van der Waals surface area (Å²) in [6, 6.07) is 0. The highest BCUT2D eigenvalue weighted by atomic mass is 32.1. The van der Waals surface area contributed by atoms with Gasteiger partial charge in [-0.3, -0.25) is 0 Å². The van der Waals surface area contributed by atoms with Crippen molar-refractivity contribution in [3.63, 3.8) is 0 Å². The minimum atomic E-state index is 0.551. The molecule has 0 amide bonds. The van der Waals surface area contributed by atoms with Gasteiger partial charge in [-0.2, -0.15) is 0 Å². The first kappa shape index (κ1) is 7.56. The molecule has 2 nitrogen and oxygen atoms in total. The molecule has 1 rings (SSSR count). The van der Waals surface area contributed by atoms with Crippen LogP contribution in [0.1, 0.15) is 13.8 Å². The average Bonchev–Trinajstić information content (AvgIpc) is 2.24. The first-order chi connectivity index (χ1) is 3.89. The van der Waals surface area contributed by atoms with Crippen LogP contribution in [0.3, 0.4) is 0 Å². The molecular weight excluding hydrogens is 122 g/mol. The van der Waals surface area contributed by atoms with Gasteiger partial charge in [-0.1, -0.05) is 13.8 Å². The standard InChI is InChI=1S/C3H3NOS.C2H6/c6-3-1-4-2-5-3;1-2/h1-2,6H;1-2H3. The maximum Gasteiger partial charge on any atom is 0.182 e. The largest absolute Gasteiger partial charge is 0.438 e. The second-order valence-corrected chi connectivity index (χ2v) is 1.28. The third kappa shape index (κ3) is 2.69. The van der Waals surface area contributed by atoms with Crippen LogP contribution in [0.25, 0.3) is 0 Å². The number of oxazole rings is 1. The molecule has 1 aromatic heterocycles. The molecule has 0 aliphatic carbocycles. The van der Waals surface area contributed by atoms with Crippen molar-refractivity contribution in [2.75, 3.05) is 0 Å². The van der Waals surface area contributed by atoms with Gasteiger partial charge in [0.25, 0.3) is 0 Å². The fourth-order valence-corrected chi connectivity index (χ4v) is 0.323. The van der Waals surface area contributed by atoms with Gasteiger partial charge in [0.15, 0.2) is 11.5 Å². The lowest BCUT2D eigenvalue weighted by molar-refractivity contribution is 0.471. The van der Waals surface area contributed by atoms with E-state index >= 15 is 0 Å². The highest BCUT2D eigenvalue weighted by Crippen LogP contribution is 1.98. The molecular formula is C5H9NOS. The second kappa shape index (κ2) is 4.71. The third-order valence-electron chi connectivity index (χ3n) is 0.419. The van der Waals surface area contributed by atoms with Crippen molar-refractivity contribution in [2.45, 2.75) is 18.9 Å². The summed E-state index contributed by atoms with van der Waals surface area (Å²) >= 11 is 3.81. The molecule has 0 fully saturated rings. The topological polar surface area (TPSA) is 26.0 Å². The van der Waals surface area contributed by atoms with Crippen molar-refractivity contribution in [1.82, 2.24) is 4.98 Å². The quantitative estimate of drug-likeness (QED) is 0.545. The second-order valence-electron chi connectivity index (χ2n) is 0.840. The Kier molecular flexibility index (Phi) is 4.45. The van der Waals surface area contributed by atoms with E-state index in [1.165, 1.54) is 12.6 Å². The molecule has 0 aliphatic rings. The van der Waals surface area contributed by atoms with Crippen LogP contribution in [0.4, 0.5) is 0 Å². The first-order valence-electron chi connectivity index (χ1n) is 2.47. The predicted octanol–water partition coefficient (Wildman–Crippen LogP) is 1.99. The van der Waals surface area contributed by atoms with Gasteiger partial charge in [-0.05, 0) is 0 Å². The molecule has 1 aromatic rings. The summed E-state index contributed by atoms with van der Waals surface area (Å²) in [5, 5.41) is 0.551. The van der Waals surface area contributed by atoms with Crippen LogP contribution in [0.15, 0.2) is 22.1 Å². The number of nitrogens with zero attached hydrogens (tertiary/aromatic N) is 1. The van der Waals surface area contributed by atoms with Crippen molar-refractivity contribution >= 4 is 12.6 Å². The van der Waals surface area contributed by atoms with E-state index in [-0.39, 0.29) is 0 Å². The van der Waals surface area contributed by atoms with Gasteiger partial charge < -0.3 is 4.42 Å². The number of aromatic nitrogens is 1. The van der Waals surface area contributed by atoms with Gasteiger partial charge >= 0.3 is 0 Å². The molecule has 3 heteroatoms. The SMILES string of the molecule is CC.Sc1cnco1. The lowest BCUT2D eigenvalue weighted by atomic mass is 11.0. The highest BCUT2D eigenvalue weighted by molar-refractivity contribution is 7.80. The Morgan fingerprint density at radius 1 is 1.62 bits per heavy atom. The summed E-state index contributed by atoms with van der Waals surface area (Å²) < 4.78 is 4.59. The normalized spacial score (nSPS) is 7.38. The predicted molar refractivity (Wildman–Crippen MR) is 35.1 cm³/mol. The van der Waals surface area contributed by atoms with Gasteiger partial charge in [0.05, 0.1) is 6.20 Å². The highest BCUT2D eigenvalue weighted by Gasteiger charge is 1.78. The summed E-state index contributed by atoms with van der Waals surface area (Å²) in [6.45, 7) is 4.00. The molecule has 1 heterocycles. The Morgan fingerprint density at radius 2 is 2.25 bits per heavy atom. The minimum absolute atomic E-state index is 0.551. The van der Waals surface area contributed by atoms with E-state index in [2.05, 4.69) is 22.0 Å². The van der Waals surface area contributed by atoms with Crippen LogP contribution >= 0.6 is 12.6 Å². The van der Waals surface area contributed by atoms with E-state index in [9.17, 15) is 0 Å². The molecule has 0 aromatic carbocycles. The number of hydrogen-bond acceptors (Lipinski definition) is 3. The lowest BCUT2D eigenvalue weighted by Crippen LogP contribution is -1.43. The number of thiol groups is 1. The molecule has 0 aliphatic heterocycles. The Hall–Kier alpha value is -0.440. The zero-order valence-corrected chi connectivity index (χ0v) is 5.85. The molecule has 0 unspecified atom stereocenters. The molecule has 0 saturated heterocycles. The third-order valence-corrected chi connectivity index (χ3v) is 0.640. The summed E-state index contributed by atoms with van der Waals surface area (Å²) in [5.74, 6) is 0. The Balaban J connectivity index is 0.000000222. The molecule has 8 heavy (non-hydrogen) atoms. The van der Waals surface area contributed by atoms with Gasteiger partial charge in [0.1, 0.15) is 0 Å². The van der Waals surface area contributed by atoms with Crippen LogP contribution in [-0.2, 0) is 0 Å². The lowest BCUT2D eigenvalue weighted by Gasteiger charge is -1.65. The van der Waals surface area contributed by atoms with E-state index < -0.39 is 0 Å². The first-order valence-corrected chi connectivity index (χ1v) is 2.92. The minimum Gasteiger partial charge on any atom is -0.438 e. The van der Waals surface area contributed by atoms with E-state index in [1.807, 2.05) is 13.8 Å². The molecule has 0 spiro atoms. The van der Waals surface area contributed by atoms with Crippen molar-refractivity contribution in [2.24, 2.45) is 0 Å². The zero-order chi connectivity index (χ0) is 6.41. The fourth-order valence-electron chi connectivity index (χ4n) is 0.209. The van der Waals surface area contributed by atoms with Gasteiger partial charge in [-0.15, -0.1) is 12.6 Å². The van der Waals surface area contributed by atoms with Crippen LogP contribution in [0.5, 0.6) is 0 Å². The Morgan fingerprint density at radius 3 is 2.38 bits per heavy atom. The Bertz CT molecular complexity index is 116. The van der Waals surface area contributed by atoms with Crippen molar-refractivity contribution < 1.29 is 4.42 Å². The fraction of sp³-hybridized carbons (Fsp3) is 0.400. The molecule has 0 N–H and O–H groups in total. The maximum absolute atomic E-state index is 4.59. The van der Waals surface area contributed by atoms with Crippen molar-refractivity contribution in [3.05, 3.63) is 12.6 Å². The van der Waals surface area contributed by atoms with E-state index in [4.69, 9.17) is 0 Å². The van der Waals surface area contributed by atoms with Crippen LogP contribution in [0, 0.1) is 0 Å². The van der Waals surface area contributed by atoms with Crippen molar-refractivity contribution in [1.29, 1.82) is 0 Å². The summed E-state index contributed by atoms with van der Waals surface area (Å²) in [4.78, 5) is 3.58. The van der Waals surface area contributed by atoms with E-state index in [0.29, 0.717) is 5.09 Å². The van der Waals surface area contributed by atoms with E-state index in [0.717, 1.165) is 0 Å². The number of hydrogen-bond donors (Lipinski definition) is 1. The van der Waals surface area contributed by atoms with Crippen LogP contribution in [-0.4, -0.2) is 4.98 Å². The van der Waals surface area contributed by atoms with Gasteiger partial charge in [0, 0.05) is 0 Å². The van der Waals surface area contributed by atoms with E-state index in [1.54, 1.807) is 0 Å². The number of rotatable bonds is 0. The molecule has 0 atom stereocenters. The molecule has 0 saturated carbocycles.